The molecule has 1 aliphatic rings. The second-order valence-corrected chi connectivity index (χ2v) is 7.98. The molecule has 1 unspecified atom stereocenters. The summed E-state index contributed by atoms with van der Waals surface area (Å²) in [6.45, 7) is 5.22. The predicted octanol–water partition coefficient (Wildman–Crippen LogP) is 2.69. The molecule has 0 radical (unpaired) electrons. The SMILES string of the molecule is CC(C)(CNC(=O)CN1C(=O)NC(C)(c2ccccc2)C1=O)c1cccc(F)c1. The zero-order valence-electron chi connectivity index (χ0n) is 16.7. The second-order valence-electron chi connectivity index (χ2n) is 7.98. The minimum absolute atomic E-state index is 0.231. The van der Waals surface area contributed by atoms with E-state index in [-0.39, 0.29) is 18.9 Å². The van der Waals surface area contributed by atoms with Gasteiger partial charge in [0.1, 0.15) is 17.9 Å². The first-order chi connectivity index (χ1) is 13.6. The fourth-order valence-corrected chi connectivity index (χ4v) is 3.34. The Bertz CT molecular complexity index is 945. The van der Waals surface area contributed by atoms with Gasteiger partial charge in [0.15, 0.2) is 0 Å². The highest BCUT2D eigenvalue weighted by molar-refractivity contribution is 6.09. The molecule has 7 heteroatoms. The molecule has 29 heavy (non-hydrogen) atoms. The number of imide groups is 1. The predicted molar refractivity (Wildman–Crippen MR) is 106 cm³/mol. The van der Waals surface area contributed by atoms with Gasteiger partial charge in [0, 0.05) is 12.0 Å². The number of nitrogens with one attached hydrogen (secondary N) is 2. The normalized spacial score (nSPS) is 19.2. The molecular formula is C22H24FN3O3. The molecule has 1 heterocycles. The Labute approximate surface area is 169 Å². The van der Waals surface area contributed by atoms with Crippen LogP contribution in [0.15, 0.2) is 54.6 Å². The molecule has 0 saturated carbocycles. The first-order valence-corrected chi connectivity index (χ1v) is 9.36. The Balaban J connectivity index is 1.65. The first-order valence-electron chi connectivity index (χ1n) is 9.36. The van der Waals surface area contributed by atoms with Gasteiger partial charge in [-0.25, -0.2) is 9.18 Å². The van der Waals surface area contributed by atoms with Crippen LogP contribution in [0.4, 0.5) is 9.18 Å². The van der Waals surface area contributed by atoms with Crippen molar-refractivity contribution >= 4 is 17.8 Å². The summed E-state index contributed by atoms with van der Waals surface area (Å²) >= 11 is 0. The summed E-state index contributed by atoms with van der Waals surface area (Å²) in [6.07, 6.45) is 0. The maximum atomic E-state index is 13.5. The highest BCUT2D eigenvalue weighted by Crippen LogP contribution is 2.28. The van der Waals surface area contributed by atoms with Crippen LogP contribution in [0.25, 0.3) is 0 Å². The molecule has 3 rings (SSSR count). The molecule has 152 valence electrons. The quantitative estimate of drug-likeness (QED) is 0.736. The molecule has 2 aromatic rings. The fourth-order valence-electron chi connectivity index (χ4n) is 3.34. The van der Waals surface area contributed by atoms with Crippen molar-refractivity contribution in [1.29, 1.82) is 0 Å². The number of carbonyl (C=O) groups excluding carboxylic acids is 3. The highest BCUT2D eigenvalue weighted by atomic mass is 19.1. The molecule has 1 saturated heterocycles. The van der Waals surface area contributed by atoms with Crippen molar-refractivity contribution in [1.82, 2.24) is 15.5 Å². The standard InChI is InChI=1S/C22H24FN3O3/c1-21(2,16-10-7-11-17(23)12-16)14-24-18(27)13-26-19(28)22(3,25-20(26)29)15-8-5-4-6-9-15/h4-12H,13-14H2,1-3H3,(H,24,27)(H,25,29). The van der Waals surface area contributed by atoms with Crippen molar-refractivity contribution in [2.75, 3.05) is 13.1 Å². The van der Waals surface area contributed by atoms with Gasteiger partial charge in [-0.05, 0) is 30.2 Å². The van der Waals surface area contributed by atoms with Gasteiger partial charge in [0.05, 0.1) is 0 Å². The Hall–Kier alpha value is -3.22. The fraction of sp³-hybridized carbons (Fsp3) is 0.318. The summed E-state index contributed by atoms with van der Waals surface area (Å²) in [5.74, 6) is -1.29. The van der Waals surface area contributed by atoms with Crippen molar-refractivity contribution in [2.24, 2.45) is 0 Å². The van der Waals surface area contributed by atoms with Crippen LogP contribution in [-0.4, -0.2) is 35.8 Å². The molecule has 0 aromatic heterocycles. The van der Waals surface area contributed by atoms with Crippen molar-refractivity contribution in [2.45, 2.75) is 31.7 Å². The van der Waals surface area contributed by atoms with Gasteiger partial charge < -0.3 is 10.6 Å². The summed E-state index contributed by atoms with van der Waals surface area (Å²) in [4.78, 5) is 38.5. The number of hydrogen-bond acceptors (Lipinski definition) is 3. The summed E-state index contributed by atoms with van der Waals surface area (Å²) < 4.78 is 13.5. The Morgan fingerprint density at radius 3 is 2.48 bits per heavy atom. The first kappa shape index (κ1) is 20.5. The molecule has 0 bridgehead atoms. The lowest BCUT2D eigenvalue weighted by Crippen LogP contribution is -2.45. The molecule has 0 aliphatic carbocycles. The number of amides is 4. The van der Waals surface area contributed by atoms with Gasteiger partial charge in [-0.1, -0.05) is 56.3 Å². The minimum atomic E-state index is -1.21. The topological polar surface area (TPSA) is 78.5 Å². The number of halogens is 1. The van der Waals surface area contributed by atoms with E-state index in [0.717, 1.165) is 10.5 Å². The van der Waals surface area contributed by atoms with Crippen LogP contribution in [0.5, 0.6) is 0 Å². The van der Waals surface area contributed by atoms with Crippen LogP contribution in [0.3, 0.4) is 0 Å². The van der Waals surface area contributed by atoms with Gasteiger partial charge >= 0.3 is 6.03 Å². The number of hydrogen-bond donors (Lipinski definition) is 2. The second kappa shape index (κ2) is 7.66. The van der Waals surface area contributed by atoms with E-state index in [0.29, 0.717) is 5.56 Å². The van der Waals surface area contributed by atoms with E-state index < -0.39 is 28.8 Å². The summed E-state index contributed by atoms with van der Waals surface area (Å²) in [7, 11) is 0. The van der Waals surface area contributed by atoms with Gasteiger partial charge in [-0.3, -0.25) is 14.5 Å². The maximum Gasteiger partial charge on any atom is 0.325 e. The van der Waals surface area contributed by atoms with E-state index in [4.69, 9.17) is 0 Å². The van der Waals surface area contributed by atoms with Gasteiger partial charge in [0.25, 0.3) is 5.91 Å². The molecule has 4 amide bonds. The van der Waals surface area contributed by atoms with Crippen LogP contribution < -0.4 is 10.6 Å². The van der Waals surface area contributed by atoms with Crippen LogP contribution in [0.2, 0.25) is 0 Å². The molecule has 2 N–H and O–H groups in total. The average Bonchev–Trinajstić information content (AvgIpc) is 2.91. The Kier molecular flexibility index (Phi) is 5.42. The van der Waals surface area contributed by atoms with Gasteiger partial charge in [-0.2, -0.15) is 0 Å². The third-order valence-corrected chi connectivity index (χ3v) is 5.26. The lowest BCUT2D eigenvalue weighted by atomic mass is 9.84. The molecule has 1 fully saturated rings. The number of nitrogens with zero attached hydrogens (tertiary/aromatic N) is 1. The molecule has 0 spiro atoms. The van der Waals surface area contributed by atoms with E-state index in [2.05, 4.69) is 10.6 Å². The zero-order valence-corrected chi connectivity index (χ0v) is 16.7. The summed E-state index contributed by atoms with van der Waals surface area (Å²) in [6, 6.07) is 14.5. The number of benzene rings is 2. The lowest BCUT2D eigenvalue weighted by molar-refractivity contribution is -0.134. The Morgan fingerprint density at radius 2 is 1.83 bits per heavy atom. The number of urea groups is 1. The molecular weight excluding hydrogens is 373 g/mol. The van der Waals surface area contributed by atoms with Crippen LogP contribution in [0.1, 0.15) is 31.9 Å². The van der Waals surface area contributed by atoms with Crippen molar-refractivity contribution in [3.63, 3.8) is 0 Å². The summed E-state index contributed by atoms with van der Waals surface area (Å²) in [5.41, 5.74) is -0.342. The van der Waals surface area contributed by atoms with Crippen LogP contribution in [-0.2, 0) is 20.5 Å². The molecule has 1 atom stereocenters. The lowest BCUT2D eigenvalue weighted by Gasteiger charge is -2.26. The van der Waals surface area contributed by atoms with Crippen LogP contribution in [0, 0.1) is 5.82 Å². The van der Waals surface area contributed by atoms with Crippen molar-refractivity contribution in [3.8, 4) is 0 Å². The third-order valence-electron chi connectivity index (χ3n) is 5.26. The Morgan fingerprint density at radius 1 is 1.14 bits per heavy atom. The zero-order chi connectivity index (χ0) is 21.2. The molecule has 6 nitrogen and oxygen atoms in total. The van der Waals surface area contributed by atoms with E-state index in [1.165, 1.54) is 12.1 Å². The third kappa shape index (κ3) is 4.13. The summed E-state index contributed by atoms with van der Waals surface area (Å²) in [5, 5.41) is 5.41. The smallest absolute Gasteiger partial charge is 0.325 e. The minimum Gasteiger partial charge on any atom is -0.354 e. The maximum absolute atomic E-state index is 13.5. The number of rotatable bonds is 6. The van der Waals surface area contributed by atoms with E-state index in [9.17, 15) is 18.8 Å². The van der Waals surface area contributed by atoms with Crippen molar-refractivity contribution < 1.29 is 18.8 Å². The van der Waals surface area contributed by atoms with E-state index in [1.54, 1.807) is 43.3 Å². The average molecular weight is 397 g/mol. The van der Waals surface area contributed by atoms with E-state index >= 15 is 0 Å². The number of carbonyl (C=O) groups is 3. The highest BCUT2D eigenvalue weighted by Gasteiger charge is 2.49. The van der Waals surface area contributed by atoms with Gasteiger partial charge in [-0.15, -0.1) is 0 Å². The van der Waals surface area contributed by atoms with Crippen LogP contribution >= 0.6 is 0 Å². The molecule has 1 aliphatic heterocycles. The molecule has 2 aromatic carbocycles. The van der Waals surface area contributed by atoms with Crippen molar-refractivity contribution in [3.05, 3.63) is 71.5 Å². The van der Waals surface area contributed by atoms with E-state index in [1.807, 2.05) is 19.9 Å². The monoisotopic (exact) mass is 397 g/mol. The largest absolute Gasteiger partial charge is 0.354 e. The van der Waals surface area contributed by atoms with Gasteiger partial charge in [0.2, 0.25) is 5.91 Å².